The van der Waals surface area contributed by atoms with Crippen molar-refractivity contribution in [2.24, 2.45) is 11.8 Å². The van der Waals surface area contributed by atoms with E-state index in [0.29, 0.717) is 24.0 Å². The predicted molar refractivity (Wildman–Crippen MR) is 135 cm³/mol. The Hall–Kier alpha value is -3.35. The Labute approximate surface area is 206 Å². The lowest BCUT2D eigenvalue weighted by Crippen LogP contribution is -2.41. The lowest BCUT2D eigenvalue weighted by atomic mass is 9.88. The molecule has 2 aromatic heterocycles. The maximum absolute atomic E-state index is 13.4. The molecule has 2 aliphatic heterocycles. The number of fused-ring (bicyclic) bond motifs is 1. The van der Waals surface area contributed by atoms with Gasteiger partial charge >= 0.3 is 0 Å². The second kappa shape index (κ2) is 10.5. The third-order valence-electron chi connectivity index (χ3n) is 7.57. The molecule has 1 aromatic carbocycles. The van der Waals surface area contributed by atoms with Crippen LogP contribution in [0.3, 0.4) is 0 Å². The zero-order valence-corrected chi connectivity index (χ0v) is 20.4. The number of aromatic nitrogens is 3. The van der Waals surface area contributed by atoms with Gasteiger partial charge in [-0.15, -0.1) is 0 Å². The van der Waals surface area contributed by atoms with Gasteiger partial charge in [0.2, 0.25) is 5.91 Å². The summed E-state index contributed by atoms with van der Waals surface area (Å²) in [6.07, 6.45) is 10.8. The summed E-state index contributed by atoms with van der Waals surface area (Å²) in [5.74, 6) is 0.968. The summed E-state index contributed by atoms with van der Waals surface area (Å²) in [6, 6.07) is 10.5. The molecule has 4 heterocycles. The molecule has 7 heteroatoms. The average molecular weight is 472 g/mol. The molecule has 2 amide bonds. The van der Waals surface area contributed by atoms with Crippen molar-refractivity contribution >= 4 is 22.7 Å². The largest absolute Gasteiger partial charge is 0.343 e. The van der Waals surface area contributed by atoms with E-state index < -0.39 is 0 Å². The number of piperidine rings is 2. The molecule has 1 atom stereocenters. The van der Waals surface area contributed by atoms with Gasteiger partial charge in [-0.3, -0.25) is 19.6 Å². The molecular formula is C28H33N5O2. The van der Waals surface area contributed by atoms with E-state index >= 15 is 0 Å². The first-order valence-corrected chi connectivity index (χ1v) is 12.8. The minimum atomic E-state index is -0.0138. The number of benzene rings is 1. The maximum atomic E-state index is 13.4. The normalized spacial score (nSPS) is 19.2. The quantitative estimate of drug-likeness (QED) is 0.564. The maximum Gasteiger partial charge on any atom is 0.274 e. The molecule has 0 aliphatic carbocycles. The van der Waals surface area contributed by atoms with Crippen LogP contribution in [0.25, 0.3) is 10.9 Å². The fourth-order valence-electron chi connectivity index (χ4n) is 5.63. The minimum absolute atomic E-state index is 0.0138. The smallest absolute Gasteiger partial charge is 0.274 e. The van der Waals surface area contributed by atoms with Crippen LogP contribution in [-0.2, 0) is 17.6 Å². The predicted octanol–water partition coefficient (Wildman–Crippen LogP) is 3.92. The number of hydrogen-bond donors (Lipinski definition) is 0. The van der Waals surface area contributed by atoms with Gasteiger partial charge in [0.25, 0.3) is 5.91 Å². The van der Waals surface area contributed by atoms with E-state index in [1.165, 1.54) is 10.9 Å². The molecule has 0 spiro atoms. The second-order valence-electron chi connectivity index (χ2n) is 9.96. The van der Waals surface area contributed by atoms with E-state index in [1.54, 1.807) is 19.3 Å². The molecule has 0 radical (unpaired) electrons. The van der Waals surface area contributed by atoms with Crippen LogP contribution in [0, 0.1) is 11.8 Å². The van der Waals surface area contributed by atoms with E-state index in [1.807, 2.05) is 22.1 Å². The van der Waals surface area contributed by atoms with Gasteiger partial charge in [0, 0.05) is 57.1 Å². The van der Waals surface area contributed by atoms with Crippen molar-refractivity contribution in [2.45, 2.75) is 45.4 Å². The van der Waals surface area contributed by atoms with Crippen molar-refractivity contribution < 1.29 is 9.59 Å². The Morgan fingerprint density at radius 2 is 1.69 bits per heavy atom. The minimum Gasteiger partial charge on any atom is -0.343 e. The first-order valence-electron chi connectivity index (χ1n) is 12.8. The van der Waals surface area contributed by atoms with Crippen molar-refractivity contribution in [1.82, 2.24) is 24.8 Å². The van der Waals surface area contributed by atoms with Gasteiger partial charge in [-0.25, -0.2) is 4.98 Å². The fourth-order valence-corrected chi connectivity index (χ4v) is 5.63. The van der Waals surface area contributed by atoms with Crippen molar-refractivity contribution in [3.05, 3.63) is 65.9 Å². The summed E-state index contributed by atoms with van der Waals surface area (Å²) >= 11 is 0. The topological polar surface area (TPSA) is 79.3 Å². The van der Waals surface area contributed by atoms with Crippen LogP contribution in [0.4, 0.5) is 0 Å². The molecule has 182 valence electrons. The van der Waals surface area contributed by atoms with Crippen LogP contribution >= 0.6 is 0 Å². The highest BCUT2D eigenvalue weighted by Gasteiger charge is 2.29. The molecule has 0 saturated carbocycles. The molecule has 3 aromatic rings. The molecule has 35 heavy (non-hydrogen) atoms. The summed E-state index contributed by atoms with van der Waals surface area (Å²) in [6.45, 7) is 4.66. The van der Waals surface area contributed by atoms with Gasteiger partial charge in [-0.05, 0) is 68.1 Å². The van der Waals surface area contributed by atoms with Gasteiger partial charge in [0.15, 0.2) is 0 Å². The Morgan fingerprint density at radius 3 is 2.51 bits per heavy atom. The van der Waals surface area contributed by atoms with Crippen LogP contribution in [0.1, 0.15) is 54.4 Å². The van der Waals surface area contributed by atoms with E-state index in [4.69, 9.17) is 0 Å². The summed E-state index contributed by atoms with van der Waals surface area (Å²) in [5.41, 5.74) is 3.62. The lowest BCUT2D eigenvalue weighted by molar-refractivity contribution is -0.130. The Kier molecular flexibility index (Phi) is 7.02. The van der Waals surface area contributed by atoms with E-state index in [2.05, 4.69) is 39.2 Å². The summed E-state index contributed by atoms with van der Waals surface area (Å²) < 4.78 is 0. The highest BCUT2D eigenvalue weighted by molar-refractivity contribution is 5.93. The summed E-state index contributed by atoms with van der Waals surface area (Å²) in [4.78, 5) is 42.6. The van der Waals surface area contributed by atoms with Gasteiger partial charge in [0.1, 0.15) is 5.69 Å². The molecule has 2 fully saturated rings. The van der Waals surface area contributed by atoms with Crippen LogP contribution in [0.5, 0.6) is 0 Å². The van der Waals surface area contributed by atoms with Crippen molar-refractivity contribution in [1.29, 1.82) is 0 Å². The molecule has 0 bridgehead atoms. The Bertz CT molecular complexity index is 1200. The number of rotatable bonds is 5. The number of likely N-dealkylation sites (tertiary alicyclic amines) is 2. The highest BCUT2D eigenvalue weighted by atomic mass is 16.2. The van der Waals surface area contributed by atoms with Crippen molar-refractivity contribution in [3.63, 3.8) is 0 Å². The zero-order chi connectivity index (χ0) is 24.2. The molecule has 5 rings (SSSR count). The standard InChI is InChI=1S/C28H33N5O2/c1-20(34)33-14-4-5-22(19-33)18-26-27(31-13-12-30-26)28(35)32-15-9-21(10-16-32)17-23-6-2-8-25-24(23)7-3-11-29-25/h2-3,6-8,11-13,21-22H,4-5,9-10,14-19H2,1H3/t22-/m0/s1. The van der Waals surface area contributed by atoms with Crippen molar-refractivity contribution in [3.8, 4) is 0 Å². The number of pyridine rings is 1. The third-order valence-corrected chi connectivity index (χ3v) is 7.57. The molecule has 7 nitrogen and oxygen atoms in total. The van der Waals surface area contributed by atoms with E-state index in [9.17, 15) is 9.59 Å². The SMILES string of the molecule is CC(=O)N1CCC[C@@H](Cc2nccnc2C(=O)N2CCC(Cc3cccc4ncccc34)CC2)C1. The van der Waals surface area contributed by atoms with Crippen LogP contribution in [0.2, 0.25) is 0 Å². The molecule has 0 unspecified atom stereocenters. The first-order chi connectivity index (χ1) is 17.1. The zero-order valence-electron chi connectivity index (χ0n) is 20.4. The lowest BCUT2D eigenvalue weighted by Gasteiger charge is -2.33. The Morgan fingerprint density at radius 1 is 0.857 bits per heavy atom. The fraction of sp³-hybridized carbons (Fsp3) is 0.464. The van der Waals surface area contributed by atoms with E-state index in [-0.39, 0.29) is 11.8 Å². The summed E-state index contributed by atoms with van der Waals surface area (Å²) in [7, 11) is 0. The van der Waals surface area contributed by atoms with Crippen LogP contribution in [-0.4, -0.2) is 62.7 Å². The van der Waals surface area contributed by atoms with Crippen molar-refractivity contribution in [2.75, 3.05) is 26.2 Å². The first kappa shape index (κ1) is 23.4. The van der Waals surface area contributed by atoms with Gasteiger partial charge < -0.3 is 9.80 Å². The van der Waals surface area contributed by atoms with E-state index in [0.717, 1.165) is 69.5 Å². The van der Waals surface area contributed by atoms with Crippen LogP contribution in [0.15, 0.2) is 48.9 Å². The Balaban J connectivity index is 1.22. The molecule has 0 N–H and O–H groups in total. The molecule has 2 aliphatic rings. The van der Waals surface area contributed by atoms with Gasteiger partial charge in [-0.1, -0.05) is 18.2 Å². The summed E-state index contributed by atoms with van der Waals surface area (Å²) in [5, 5.41) is 1.23. The van der Waals surface area contributed by atoms with Crippen LogP contribution < -0.4 is 0 Å². The molecule has 2 saturated heterocycles. The number of nitrogens with zero attached hydrogens (tertiary/aromatic N) is 5. The van der Waals surface area contributed by atoms with Gasteiger partial charge in [0.05, 0.1) is 11.2 Å². The highest BCUT2D eigenvalue weighted by Crippen LogP contribution is 2.27. The number of hydrogen-bond acceptors (Lipinski definition) is 5. The second-order valence-corrected chi connectivity index (χ2v) is 9.96. The number of carbonyl (C=O) groups excluding carboxylic acids is 2. The number of amides is 2. The third kappa shape index (κ3) is 5.34. The average Bonchev–Trinajstić information content (AvgIpc) is 2.89. The van der Waals surface area contributed by atoms with Gasteiger partial charge in [-0.2, -0.15) is 0 Å². The monoisotopic (exact) mass is 471 g/mol. The molecular weight excluding hydrogens is 438 g/mol. The number of carbonyl (C=O) groups is 2.